The van der Waals surface area contributed by atoms with E-state index in [1.807, 2.05) is 6.92 Å². The van der Waals surface area contributed by atoms with Gasteiger partial charge >= 0.3 is 0 Å². The second-order valence-corrected chi connectivity index (χ2v) is 5.16. The molecule has 94 valence electrons. The lowest BCUT2D eigenvalue weighted by molar-refractivity contribution is 0.0409. The molecule has 1 aromatic rings. The monoisotopic (exact) mass is 236 g/mol. The average molecular weight is 236 g/mol. The zero-order valence-corrected chi connectivity index (χ0v) is 10.4. The lowest BCUT2D eigenvalue weighted by atomic mass is 9.99. The van der Waals surface area contributed by atoms with Crippen molar-refractivity contribution in [3.8, 4) is 0 Å². The summed E-state index contributed by atoms with van der Waals surface area (Å²) in [5, 5.41) is 3.84. The normalized spacial score (nSPS) is 27.0. The van der Waals surface area contributed by atoms with Crippen LogP contribution in [0.25, 0.3) is 0 Å². The van der Waals surface area contributed by atoms with E-state index in [1.54, 1.807) is 0 Å². The number of nitrogens with zero attached hydrogens (tertiary/aromatic N) is 4. The maximum absolute atomic E-state index is 5.19. The van der Waals surface area contributed by atoms with E-state index in [1.165, 1.54) is 32.4 Å². The molecule has 0 aliphatic carbocycles. The largest absolute Gasteiger partial charge is 0.338 e. The van der Waals surface area contributed by atoms with Crippen molar-refractivity contribution >= 4 is 0 Å². The van der Waals surface area contributed by atoms with Gasteiger partial charge in [-0.2, -0.15) is 4.98 Å². The van der Waals surface area contributed by atoms with E-state index in [2.05, 4.69) is 19.9 Å². The summed E-state index contributed by atoms with van der Waals surface area (Å²) in [4.78, 5) is 9.36. The minimum atomic E-state index is 0.733. The Morgan fingerprint density at radius 2 is 2.24 bits per heavy atom. The zero-order chi connectivity index (χ0) is 11.7. The predicted molar refractivity (Wildman–Crippen MR) is 63.5 cm³/mol. The summed E-state index contributed by atoms with van der Waals surface area (Å²) in [5.41, 5.74) is 0. The molecule has 5 nitrogen and oxygen atoms in total. The molecule has 2 fully saturated rings. The van der Waals surface area contributed by atoms with Crippen LogP contribution in [0.3, 0.4) is 0 Å². The molecule has 3 heterocycles. The Balaban J connectivity index is 1.58. The first-order valence-corrected chi connectivity index (χ1v) is 6.57. The number of hydrogen-bond donors (Lipinski definition) is 0. The van der Waals surface area contributed by atoms with E-state index in [0.29, 0.717) is 0 Å². The highest BCUT2D eigenvalue weighted by atomic mass is 16.5. The zero-order valence-electron chi connectivity index (χ0n) is 10.4. The SMILES string of the molecule is Cc1noc(CN2CCN3CCCCC3C2)n1. The highest BCUT2D eigenvalue weighted by Crippen LogP contribution is 2.21. The van der Waals surface area contributed by atoms with Gasteiger partial charge in [0.2, 0.25) is 5.89 Å². The van der Waals surface area contributed by atoms with Crippen molar-refractivity contribution in [2.75, 3.05) is 26.2 Å². The molecule has 3 rings (SSSR count). The summed E-state index contributed by atoms with van der Waals surface area (Å²) in [6, 6.07) is 0.751. The first-order chi connectivity index (χ1) is 8.31. The molecule has 17 heavy (non-hydrogen) atoms. The molecular formula is C12H20N4O. The molecule has 5 heteroatoms. The maximum atomic E-state index is 5.19. The lowest BCUT2D eigenvalue weighted by Gasteiger charge is -2.43. The van der Waals surface area contributed by atoms with Crippen molar-refractivity contribution < 1.29 is 4.52 Å². The van der Waals surface area contributed by atoms with Gasteiger partial charge in [-0.15, -0.1) is 0 Å². The van der Waals surface area contributed by atoms with Gasteiger partial charge in [0.15, 0.2) is 5.82 Å². The standard InChI is InChI=1S/C12H20N4O/c1-10-13-12(17-14-10)9-15-6-7-16-5-3-2-4-11(16)8-15/h11H,2-9H2,1H3. The molecule has 1 aromatic heterocycles. The summed E-state index contributed by atoms with van der Waals surface area (Å²) in [5.74, 6) is 1.49. The van der Waals surface area contributed by atoms with Crippen LogP contribution in [0.1, 0.15) is 31.0 Å². The van der Waals surface area contributed by atoms with Crippen LogP contribution in [-0.4, -0.2) is 52.2 Å². The second-order valence-electron chi connectivity index (χ2n) is 5.16. The third kappa shape index (κ3) is 2.50. The van der Waals surface area contributed by atoms with Gasteiger partial charge in [-0.3, -0.25) is 9.80 Å². The molecule has 0 spiro atoms. The molecule has 1 atom stereocenters. The molecule has 0 aromatic carbocycles. The number of rotatable bonds is 2. The van der Waals surface area contributed by atoms with Crippen molar-refractivity contribution in [3.63, 3.8) is 0 Å². The summed E-state index contributed by atoms with van der Waals surface area (Å²) in [6.07, 6.45) is 4.10. The predicted octanol–water partition coefficient (Wildman–Crippen LogP) is 1.05. The molecule has 1 unspecified atom stereocenters. The third-order valence-electron chi connectivity index (χ3n) is 3.85. The molecular weight excluding hydrogens is 216 g/mol. The van der Waals surface area contributed by atoms with Crippen molar-refractivity contribution in [3.05, 3.63) is 11.7 Å². The smallest absolute Gasteiger partial charge is 0.240 e. The summed E-state index contributed by atoms with van der Waals surface area (Å²) in [6.45, 7) is 7.44. The van der Waals surface area contributed by atoms with Crippen LogP contribution in [0.15, 0.2) is 4.52 Å². The minimum Gasteiger partial charge on any atom is -0.338 e. The topological polar surface area (TPSA) is 45.4 Å². The molecule has 2 saturated heterocycles. The quantitative estimate of drug-likeness (QED) is 0.768. The second kappa shape index (κ2) is 4.74. The Bertz CT molecular complexity index is 378. The molecule has 2 aliphatic rings. The number of hydrogen-bond acceptors (Lipinski definition) is 5. The lowest BCUT2D eigenvalue weighted by Crippen LogP contribution is -2.54. The fourth-order valence-corrected chi connectivity index (χ4v) is 2.96. The molecule has 0 bridgehead atoms. The maximum Gasteiger partial charge on any atom is 0.240 e. The van der Waals surface area contributed by atoms with Crippen molar-refractivity contribution in [2.45, 2.75) is 38.8 Å². The van der Waals surface area contributed by atoms with Crippen molar-refractivity contribution in [2.24, 2.45) is 0 Å². The van der Waals surface area contributed by atoms with E-state index < -0.39 is 0 Å². The fourth-order valence-electron chi connectivity index (χ4n) is 2.96. The van der Waals surface area contributed by atoms with Gasteiger partial charge in [0.1, 0.15) is 0 Å². The van der Waals surface area contributed by atoms with Crippen molar-refractivity contribution in [1.29, 1.82) is 0 Å². The van der Waals surface area contributed by atoms with Gasteiger partial charge in [-0.1, -0.05) is 11.6 Å². The van der Waals surface area contributed by atoms with E-state index in [0.717, 1.165) is 37.4 Å². The van der Waals surface area contributed by atoms with Crippen LogP contribution in [0.5, 0.6) is 0 Å². The van der Waals surface area contributed by atoms with Gasteiger partial charge in [-0.05, 0) is 26.3 Å². The van der Waals surface area contributed by atoms with E-state index in [9.17, 15) is 0 Å². The minimum absolute atomic E-state index is 0.733. The van der Waals surface area contributed by atoms with Gasteiger partial charge in [0, 0.05) is 25.7 Å². The van der Waals surface area contributed by atoms with Crippen LogP contribution >= 0.6 is 0 Å². The number of piperazine rings is 1. The Hall–Kier alpha value is -0.940. The van der Waals surface area contributed by atoms with Crippen LogP contribution in [-0.2, 0) is 6.54 Å². The van der Waals surface area contributed by atoms with Gasteiger partial charge in [0.05, 0.1) is 6.54 Å². The van der Waals surface area contributed by atoms with E-state index >= 15 is 0 Å². The Kier molecular flexibility index (Phi) is 3.11. The summed E-state index contributed by atoms with van der Waals surface area (Å²) >= 11 is 0. The molecule has 0 radical (unpaired) electrons. The van der Waals surface area contributed by atoms with Crippen LogP contribution < -0.4 is 0 Å². The van der Waals surface area contributed by atoms with Crippen LogP contribution in [0.4, 0.5) is 0 Å². The molecule has 0 saturated carbocycles. The van der Waals surface area contributed by atoms with Gasteiger partial charge in [0.25, 0.3) is 0 Å². The summed E-state index contributed by atoms with van der Waals surface area (Å²) < 4.78 is 5.19. The van der Waals surface area contributed by atoms with Crippen LogP contribution in [0.2, 0.25) is 0 Å². The number of aryl methyl sites for hydroxylation is 1. The van der Waals surface area contributed by atoms with E-state index in [4.69, 9.17) is 4.52 Å². The average Bonchev–Trinajstić information content (AvgIpc) is 2.75. The van der Waals surface area contributed by atoms with Gasteiger partial charge < -0.3 is 4.52 Å². The fraction of sp³-hybridized carbons (Fsp3) is 0.833. The van der Waals surface area contributed by atoms with Crippen molar-refractivity contribution in [1.82, 2.24) is 19.9 Å². The molecule has 0 amide bonds. The Morgan fingerprint density at radius 3 is 3.06 bits per heavy atom. The van der Waals surface area contributed by atoms with E-state index in [-0.39, 0.29) is 0 Å². The molecule has 2 aliphatic heterocycles. The number of fused-ring (bicyclic) bond motifs is 1. The first kappa shape index (κ1) is 11.2. The van der Waals surface area contributed by atoms with Gasteiger partial charge in [-0.25, -0.2) is 0 Å². The van der Waals surface area contributed by atoms with Crippen LogP contribution in [0, 0.1) is 6.92 Å². The number of piperidine rings is 1. The Morgan fingerprint density at radius 1 is 1.29 bits per heavy atom. The summed E-state index contributed by atoms with van der Waals surface area (Å²) in [7, 11) is 0. The Labute approximate surface area is 102 Å². The first-order valence-electron chi connectivity index (χ1n) is 6.57. The highest BCUT2D eigenvalue weighted by Gasteiger charge is 2.29. The molecule has 0 N–H and O–H groups in total. The number of aromatic nitrogens is 2. The third-order valence-corrected chi connectivity index (χ3v) is 3.85. The highest BCUT2D eigenvalue weighted by molar-refractivity contribution is 4.88.